The van der Waals surface area contributed by atoms with Crippen molar-refractivity contribution in [1.29, 1.82) is 0 Å². The second-order valence-electron chi connectivity index (χ2n) is 3.81. The molecule has 0 aromatic carbocycles. The van der Waals surface area contributed by atoms with Crippen LogP contribution in [0.4, 0.5) is 0 Å². The number of aromatic nitrogens is 2. The molecule has 0 unspecified atom stereocenters. The SMILES string of the molecule is CCCNCCCn1nc(C)c(Br)c1C. The zero-order valence-electron chi connectivity index (χ0n) is 9.81. The van der Waals surface area contributed by atoms with Crippen LogP contribution in [-0.2, 0) is 6.54 Å². The van der Waals surface area contributed by atoms with Gasteiger partial charge in [0.1, 0.15) is 0 Å². The number of aryl methyl sites for hydroxylation is 2. The fourth-order valence-electron chi connectivity index (χ4n) is 1.55. The first-order chi connectivity index (χ1) is 7.16. The van der Waals surface area contributed by atoms with Crippen molar-refractivity contribution in [3.63, 3.8) is 0 Å². The molecule has 86 valence electrons. The second kappa shape index (κ2) is 6.28. The summed E-state index contributed by atoms with van der Waals surface area (Å²) in [5, 5.41) is 7.86. The van der Waals surface area contributed by atoms with Gasteiger partial charge in [-0.15, -0.1) is 0 Å². The summed E-state index contributed by atoms with van der Waals surface area (Å²) in [5.74, 6) is 0. The monoisotopic (exact) mass is 273 g/mol. The van der Waals surface area contributed by atoms with Crippen LogP contribution >= 0.6 is 15.9 Å². The Morgan fingerprint density at radius 1 is 1.33 bits per heavy atom. The molecule has 1 aromatic heterocycles. The first-order valence-electron chi connectivity index (χ1n) is 5.57. The maximum absolute atomic E-state index is 4.47. The smallest absolute Gasteiger partial charge is 0.0738 e. The minimum Gasteiger partial charge on any atom is -0.317 e. The lowest BCUT2D eigenvalue weighted by Gasteiger charge is -2.05. The van der Waals surface area contributed by atoms with Crippen LogP contribution < -0.4 is 5.32 Å². The highest BCUT2D eigenvalue weighted by molar-refractivity contribution is 9.10. The zero-order valence-corrected chi connectivity index (χ0v) is 11.4. The number of rotatable bonds is 6. The van der Waals surface area contributed by atoms with Crippen molar-refractivity contribution in [3.05, 3.63) is 15.9 Å². The summed E-state index contributed by atoms with van der Waals surface area (Å²) < 4.78 is 3.22. The molecule has 1 heterocycles. The van der Waals surface area contributed by atoms with E-state index >= 15 is 0 Å². The van der Waals surface area contributed by atoms with Gasteiger partial charge in [-0.25, -0.2) is 0 Å². The van der Waals surface area contributed by atoms with Crippen molar-refractivity contribution >= 4 is 15.9 Å². The van der Waals surface area contributed by atoms with Gasteiger partial charge in [0.2, 0.25) is 0 Å². The van der Waals surface area contributed by atoms with E-state index in [-0.39, 0.29) is 0 Å². The summed E-state index contributed by atoms with van der Waals surface area (Å²) in [5.41, 5.74) is 2.30. The summed E-state index contributed by atoms with van der Waals surface area (Å²) in [6.45, 7) is 9.50. The average molecular weight is 274 g/mol. The second-order valence-corrected chi connectivity index (χ2v) is 4.60. The third-order valence-corrected chi connectivity index (χ3v) is 3.59. The zero-order chi connectivity index (χ0) is 11.3. The van der Waals surface area contributed by atoms with E-state index < -0.39 is 0 Å². The molecule has 1 aromatic rings. The lowest BCUT2D eigenvalue weighted by atomic mass is 10.3. The van der Waals surface area contributed by atoms with Crippen molar-refractivity contribution in [3.8, 4) is 0 Å². The Balaban J connectivity index is 2.34. The van der Waals surface area contributed by atoms with E-state index in [0.29, 0.717) is 0 Å². The van der Waals surface area contributed by atoms with E-state index in [2.05, 4.69) is 44.9 Å². The molecule has 3 nitrogen and oxygen atoms in total. The Morgan fingerprint density at radius 2 is 2.07 bits per heavy atom. The largest absolute Gasteiger partial charge is 0.317 e. The summed E-state index contributed by atoms with van der Waals surface area (Å²) in [4.78, 5) is 0. The molecule has 1 rings (SSSR count). The fourth-order valence-corrected chi connectivity index (χ4v) is 1.83. The summed E-state index contributed by atoms with van der Waals surface area (Å²) in [7, 11) is 0. The minimum atomic E-state index is 0.995. The van der Waals surface area contributed by atoms with Crippen LogP contribution in [0.25, 0.3) is 0 Å². The summed E-state index contributed by atoms with van der Waals surface area (Å²) in [6, 6.07) is 0. The van der Waals surface area contributed by atoms with Gasteiger partial charge in [-0.05, 0) is 55.7 Å². The lowest BCUT2D eigenvalue weighted by Crippen LogP contribution is -2.18. The molecule has 0 saturated heterocycles. The normalized spacial score (nSPS) is 10.9. The highest BCUT2D eigenvalue weighted by Crippen LogP contribution is 2.19. The van der Waals surface area contributed by atoms with E-state index in [4.69, 9.17) is 0 Å². The van der Waals surface area contributed by atoms with Gasteiger partial charge in [0.05, 0.1) is 10.2 Å². The Labute approximate surface area is 100 Å². The number of nitrogens with zero attached hydrogens (tertiary/aromatic N) is 2. The molecule has 15 heavy (non-hydrogen) atoms. The van der Waals surface area contributed by atoms with E-state index in [0.717, 1.165) is 36.2 Å². The van der Waals surface area contributed by atoms with E-state index in [1.54, 1.807) is 0 Å². The molecule has 1 N–H and O–H groups in total. The predicted molar refractivity (Wildman–Crippen MR) is 67.2 cm³/mol. The first kappa shape index (κ1) is 12.7. The average Bonchev–Trinajstić information content (AvgIpc) is 2.46. The van der Waals surface area contributed by atoms with E-state index in [9.17, 15) is 0 Å². The third kappa shape index (κ3) is 3.61. The van der Waals surface area contributed by atoms with Crippen LogP contribution in [0.1, 0.15) is 31.2 Å². The molecule has 0 atom stereocenters. The number of nitrogens with one attached hydrogen (secondary N) is 1. The molecular formula is C11H20BrN3. The Kier molecular flexibility index (Phi) is 5.32. The molecule has 0 saturated carbocycles. The van der Waals surface area contributed by atoms with Crippen molar-refractivity contribution in [2.45, 2.75) is 40.2 Å². The Hall–Kier alpha value is -0.350. The molecular weight excluding hydrogens is 254 g/mol. The number of halogens is 1. The quantitative estimate of drug-likeness (QED) is 0.808. The van der Waals surface area contributed by atoms with Crippen molar-refractivity contribution in [2.24, 2.45) is 0 Å². The Bertz CT molecular complexity index is 307. The van der Waals surface area contributed by atoms with Crippen molar-refractivity contribution in [2.75, 3.05) is 13.1 Å². The van der Waals surface area contributed by atoms with Crippen LogP contribution in [0, 0.1) is 13.8 Å². The minimum absolute atomic E-state index is 0.995. The van der Waals surface area contributed by atoms with Crippen molar-refractivity contribution in [1.82, 2.24) is 15.1 Å². The standard InChI is InChI=1S/C11H20BrN3/c1-4-6-13-7-5-8-15-10(3)11(12)9(2)14-15/h13H,4-8H2,1-3H3. The van der Waals surface area contributed by atoms with Crippen molar-refractivity contribution < 1.29 is 0 Å². The Morgan fingerprint density at radius 3 is 2.60 bits per heavy atom. The molecule has 0 spiro atoms. The molecule has 0 bridgehead atoms. The van der Waals surface area contributed by atoms with E-state index in [1.165, 1.54) is 12.1 Å². The van der Waals surface area contributed by atoms with Gasteiger partial charge in [-0.3, -0.25) is 4.68 Å². The van der Waals surface area contributed by atoms with Gasteiger partial charge in [0, 0.05) is 12.2 Å². The molecule has 0 aliphatic carbocycles. The molecule has 0 aliphatic heterocycles. The van der Waals surface area contributed by atoms with Crippen LogP contribution in [0.15, 0.2) is 4.47 Å². The highest BCUT2D eigenvalue weighted by Gasteiger charge is 2.07. The van der Waals surface area contributed by atoms with Crippen LogP contribution in [0.3, 0.4) is 0 Å². The molecule has 0 fully saturated rings. The molecule has 0 aliphatic rings. The van der Waals surface area contributed by atoms with Crippen LogP contribution in [0.5, 0.6) is 0 Å². The third-order valence-electron chi connectivity index (χ3n) is 2.44. The van der Waals surface area contributed by atoms with Crippen LogP contribution in [-0.4, -0.2) is 22.9 Å². The maximum atomic E-state index is 4.47. The van der Waals surface area contributed by atoms with Gasteiger partial charge < -0.3 is 5.32 Å². The van der Waals surface area contributed by atoms with Gasteiger partial charge in [-0.2, -0.15) is 5.10 Å². The summed E-state index contributed by atoms with van der Waals surface area (Å²) in [6.07, 6.45) is 2.33. The van der Waals surface area contributed by atoms with Crippen LogP contribution in [0.2, 0.25) is 0 Å². The first-order valence-corrected chi connectivity index (χ1v) is 6.36. The number of hydrogen-bond donors (Lipinski definition) is 1. The van der Waals surface area contributed by atoms with Gasteiger partial charge in [0.15, 0.2) is 0 Å². The lowest BCUT2D eigenvalue weighted by molar-refractivity contribution is 0.531. The van der Waals surface area contributed by atoms with Gasteiger partial charge in [-0.1, -0.05) is 6.92 Å². The van der Waals surface area contributed by atoms with Gasteiger partial charge >= 0.3 is 0 Å². The summed E-state index contributed by atoms with van der Waals surface area (Å²) >= 11 is 3.53. The topological polar surface area (TPSA) is 29.9 Å². The predicted octanol–water partition coefficient (Wildman–Crippen LogP) is 2.65. The van der Waals surface area contributed by atoms with Gasteiger partial charge in [0.25, 0.3) is 0 Å². The molecule has 0 radical (unpaired) electrons. The highest BCUT2D eigenvalue weighted by atomic mass is 79.9. The molecule has 0 amide bonds. The fraction of sp³-hybridized carbons (Fsp3) is 0.727. The molecule has 4 heteroatoms. The number of hydrogen-bond acceptors (Lipinski definition) is 2. The maximum Gasteiger partial charge on any atom is 0.0738 e. The van der Waals surface area contributed by atoms with E-state index in [1.807, 2.05) is 6.92 Å².